The molecule has 4 fully saturated rings. The minimum atomic E-state index is -3.92. The summed E-state index contributed by atoms with van der Waals surface area (Å²) < 4.78 is 25.3. The standard InChI is InChI=1S/C20H22Cl2N2O2S/c1-13-2-4-17(5-3-13)27(25,26)19(18(21)22)23-12-24-20-9-14-6-15(10-20)8-16(7-14)11-20/h2-5,14-16H,6-11H2,1H3. The summed E-state index contributed by atoms with van der Waals surface area (Å²) in [5.74, 6) is 2.22. The average molecular weight is 425 g/mol. The SMILES string of the molecule is Cc1ccc(S(=O)(=O)C(N=C=NC23CC4CC(CC(C4)C2)C3)=C(Cl)Cl)cc1. The first-order valence-corrected chi connectivity index (χ1v) is 11.6. The molecule has 4 aliphatic rings. The van der Waals surface area contributed by atoms with Crippen LogP contribution in [0.5, 0.6) is 0 Å². The average Bonchev–Trinajstić information content (AvgIpc) is 2.57. The van der Waals surface area contributed by atoms with Crippen molar-refractivity contribution in [2.75, 3.05) is 0 Å². The van der Waals surface area contributed by atoms with Gasteiger partial charge in [0.1, 0.15) is 4.49 Å². The molecule has 0 heterocycles. The molecule has 27 heavy (non-hydrogen) atoms. The third-order valence-electron chi connectivity index (χ3n) is 6.19. The Balaban J connectivity index is 1.64. The highest BCUT2D eigenvalue weighted by molar-refractivity contribution is 7.95. The van der Waals surface area contributed by atoms with Crippen molar-refractivity contribution in [3.05, 3.63) is 39.3 Å². The first-order valence-electron chi connectivity index (χ1n) is 9.32. The first-order chi connectivity index (χ1) is 12.8. The summed E-state index contributed by atoms with van der Waals surface area (Å²) in [5.41, 5.74) is 0.832. The van der Waals surface area contributed by atoms with E-state index in [0.717, 1.165) is 42.6 Å². The number of benzene rings is 1. The quantitative estimate of drug-likeness (QED) is 0.597. The largest absolute Gasteiger partial charge is 0.227 e. The lowest BCUT2D eigenvalue weighted by Gasteiger charge is -2.54. The maximum atomic E-state index is 12.8. The van der Waals surface area contributed by atoms with Crippen molar-refractivity contribution in [2.24, 2.45) is 27.7 Å². The lowest BCUT2D eigenvalue weighted by atomic mass is 9.53. The summed E-state index contributed by atoms with van der Waals surface area (Å²) in [7, 11) is -3.92. The van der Waals surface area contributed by atoms with Gasteiger partial charge in [-0.15, -0.1) is 0 Å². The number of aryl methyl sites for hydroxylation is 1. The maximum Gasteiger partial charge on any atom is 0.227 e. The predicted molar refractivity (Wildman–Crippen MR) is 108 cm³/mol. The van der Waals surface area contributed by atoms with Gasteiger partial charge in [-0.2, -0.15) is 4.99 Å². The molecule has 0 unspecified atom stereocenters. The Morgan fingerprint density at radius 2 is 1.56 bits per heavy atom. The molecular weight excluding hydrogens is 403 g/mol. The van der Waals surface area contributed by atoms with E-state index in [1.807, 2.05) is 6.92 Å². The Bertz CT molecular complexity index is 905. The molecule has 0 atom stereocenters. The second kappa shape index (κ2) is 7.04. The van der Waals surface area contributed by atoms with Gasteiger partial charge in [0.25, 0.3) is 0 Å². The van der Waals surface area contributed by atoms with Gasteiger partial charge in [0.2, 0.25) is 14.9 Å². The van der Waals surface area contributed by atoms with Crippen LogP contribution in [0, 0.1) is 24.7 Å². The van der Waals surface area contributed by atoms with Gasteiger partial charge in [0, 0.05) is 0 Å². The third kappa shape index (κ3) is 3.75. The molecule has 0 saturated heterocycles. The van der Waals surface area contributed by atoms with Crippen molar-refractivity contribution >= 4 is 39.0 Å². The zero-order valence-electron chi connectivity index (χ0n) is 15.2. The predicted octanol–water partition coefficient (Wildman–Crippen LogP) is 5.52. The van der Waals surface area contributed by atoms with Crippen LogP contribution in [0.2, 0.25) is 0 Å². The molecule has 144 valence electrons. The minimum Gasteiger partial charge on any atom is -0.219 e. The zero-order valence-corrected chi connectivity index (χ0v) is 17.5. The van der Waals surface area contributed by atoms with Crippen LogP contribution in [-0.4, -0.2) is 20.0 Å². The van der Waals surface area contributed by atoms with Crippen LogP contribution in [0.3, 0.4) is 0 Å². The number of nitrogens with zero attached hydrogens (tertiary/aromatic N) is 2. The van der Waals surface area contributed by atoms with E-state index in [2.05, 4.69) is 16.0 Å². The van der Waals surface area contributed by atoms with Crippen molar-refractivity contribution in [1.82, 2.24) is 0 Å². The second-order valence-corrected chi connectivity index (χ2v) is 11.2. The summed E-state index contributed by atoms with van der Waals surface area (Å²) in [6.45, 7) is 1.89. The molecule has 4 nitrogen and oxygen atoms in total. The molecular formula is C20H22Cl2N2O2S. The summed E-state index contributed by atoms with van der Waals surface area (Å²) in [5, 5.41) is -0.400. The van der Waals surface area contributed by atoms with Gasteiger partial charge in [0.15, 0.2) is 0 Å². The van der Waals surface area contributed by atoms with E-state index < -0.39 is 19.4 Å². The van der Waals surface area contributed by atoms with Gasteiger partial charge in [-0.1, -0.05) is 40.9 Å². The van der Waals surface area contributed by atoms with Crippen molar-refractivity contribution < 1.29 is 8.42 Å². The zero-order chi connectivity index (χ0) is 19.2. The van der Waals surface area contributed by atoms with Crippen LogP contribution in [-0.2, 0) is 9.84 Å². The maximum absolute atomic E-state index is 12.8. The summed E-state index contributed by atoms with van der Waals surface area (Å²) in [6, 6.07) is 9.14. The molecule has 1 aromatic rings. The van der Waals surface area contributed by atoms with Crippen molar-refractivity contribution in [2.45, 2.75) is 55.9 Å². The fraction of sp³-hybridized carbons (Fsp3) is 0.550. The second-order valence-electron chi connectivity index (χ2n) is 8.35. The highest BCUT2D eigenvalue weighted by atomic mass is 35.5. The van der Waals surface area contributed by atoms with Crippen LogP contribution in [0.1, 0.15) is 44.1 Å². The monoisotopic (exact) mass is 424 g/mol. The number of rotatable bonds is 4. The highest BCUT2D eigenvalue weighted by Gasteiger charge is 2.51. The normalized spacial score (nSPS) is 31.3. The smallest absolute Gasteiger partial charge is 0.219 e. The Kier molecular flexibility index (Phi) is 5.00. The van der Waals surface area contributed by atoms with Gasteiger partial charge in [-0.3, -0.25) is 0 Å². The Morgan fingerprint density at radius 1 is 1.04 bits per heavy atom. The third-order valence-corrected chi connectivity index (χ3v) is 8.47. The molecule has 0 radical (unpaired) electrons. The van der Waals surface area contributed by atoms with E-state index in [1.165, 1.54) is 31.4 Å². The molecule has 4 bridgehead atoms. The molecule has 4 saturated carbocycles. The molecule has 1 aromatic carbocycles. The molecule has 0 spiro atoms. The van der Waals surface area contributed by atoms with Gasteiger partial charge >= 0.3 is 0 Å². The molecule has 0 amide bonds. The number of halogens is 2. The fourth-order valence-electron chi connectivity index (χ4n) is 5.41. The minimum absolute atomic E-state index is 0.0993. The Labute approximate surface area is 170 Å². The van der Waals surface area contributed by atoms with E-state index in [-0.39, 0.29) is 10.4 Å². The number of aliphatic imine (C=N–C) groups is 2. The van der Waals surface area contributed by atoms with E-state index in [1.54, 1.807) is 12.1 Å². The van der Waals surface area contributed by atoms with Crippen molar-refractivity contribution in [3.63, 3.8) is 0 Å². The van der Waals surface area contributed by atoms with Crippen LogP contribution in [0.25, 0.3) is 0 Å². The summed E-state index contributed by atoms with van der Waals surface area (Å²) in [4.78, 5) is 8.71. The topological polar surface area (TPSA) is 58.9 Å². The van der Waals surface area contributed by atoms with Gasteiger partial charge < -0.3 is 0 Å². The molecule has 0 N–H and O–H groups in total. The number of sulfone groups is 1. The lowest BCUT2D eigenvalue weighted by molar-refractivity contribution is 0.00200. The van der Waals surface area contributed by atoms with E-state index in [9.17, 15) is 8.42 Å². The number of hydrogen-bond donors (Lipinski definition) is 0. The first kappa shape index (κ1) is 19.2. The molecule has 7 heteroatoms. The lowest BCUT2D eigenvalue weighted by Crippen LogP contribution is -2.49. The fourth-order valence-corrected chi connectivity index (χ4v) is 7.19. The van der Waals surface area contributed by atoms with Crippen LogP contribution in [0.15, 0.2) is 48.7 Å². The van der Waals surface area contributed by atoms with E-state index in [0.29, 0.717) is 0 Å². The van der Waals surface area contributed by atoms with E-state index in [4.69, 9.17) is 23.2 Å². The van der Waals surface area contributed by atoms with Crippen molar-refractivity contribution in [3.8, 4) is 0 Å². The van der Waals surface area contributed by atoms with E-state index >= 15 is 0 Å². The highest BCUT2D eigenvalue weighted by Crippen LogP contribution is 2.57. The molecule has 5 rings (SSSR count). The molecule has 0 aliphatic heterocycles. The number of hydrogen-bond acceptors (Lipinski definition) is 4. The molecule has 0 aromatic heterocycles. The van der Waals surface area contributed by atoms with Gasteiger partial charge in [-0.05, 0) is 75.3 Å². The van der Waals surface area contributed by atoms with Crippen LogP contribution in [0.4, 0.5) is 0 Å². The van der Waals surface area contributed by atoms with Crippen LogP contribution < -0.4 is 0 Å². The van der Waals surface area contributed by atoms with Crippen LogP contribution >= 0.6 is 23.2 Å². The van der Waals surface area contributed by atoms with Crippen molar-refractivity contribution in [1.29, 1.82) is 0 Å². The Hall–Kier alpha value is -1.13. The summed E-state index contributed by atoms with van der Waals surface area (Å²) >= 11 is 11.7. The Morgan fingerprint density at radius 3 is 2.04 bits per heavy atom. The van der Waals surface area contributed by atoms with Gasteiger partial charge in [-0.25, -0.2) is 13.4 Å². The molecule has 4 aliphatic carbocycles. The van der Waals surface area contributed by atoms with Gasteiger partial charge in [0.05, 0.1) is 16.4 Å². The summed E-state index contributed by atoms with van der Waals surface area (Å²) in [6.07, 6.45) is 7.10.